The van der Waals surface area contributed by atoms with Gasteiger partial charge in [-0.25, -0.2) is 0 Å². The molecular formula is C18H28N4O2. The Morgan fingerprint density at radius 2 is 1.96 bits per heavy atom. The molecule has 0 heterocycles. The molecule has 1 fully saturated rings. The van der Waals surface area contributed by atoms with Crippen molar-refractivity contribution in [3.05, 3.63) is 24.3 Å². The Kier molecular flexibility index (Phi) is 6.90. The van der Waals surface area contributed by atoms with Crippen LogP contribution in [0.4, 0.5) is 5.69 Å². The van der Waals surface area contributed by atoms with Gasteiger partial charge in [0.1, 0.15) is 5.75 Å². The largest absolute Gasteiger partial charge is 0.491 e. The number of nitrogens with zero attached hydrogens (tertiary/aromatic N) is 1. The van der Waals surface area contributed by atoms with Crippen LogP contribution < -0.4 is 21.1 Å². The summed E-state index contributed by atoms with van der Waals surface area (Å²) in [7, 11) is 0. The van der Waals surface area contributed by atoms with Crippen LogP contribution in [-0.4, -0.2) is 30.6 Å². The van der Waals surface area contributed by atoms with Gasteiger partial charge < -0.3 is 21.1 Å². The zero-order valence-electron chi connectivity index (χ0n) is 14.5. The van der Waals surface area contributed by atoms with Gasteiger partial charge in [-0.15, -0.1) is 0 Å². The number of ether oxygens (including phenoxy) is 1. The van der Waals surface area contributed by atoms with Gasteiger partial charge in [0.15, 0.2) is 5.96 Å². The topological polar surface area (TPSA) is 88.7 Å². The standard InChI is InChI=1S/C18H28N4O2/c1-13(2)24-16-9-7-15(8-10-16)22-18(19)20-12-11-17(23)21-14-5-3-4-6-14/h7-10,13-14H,3-6,11-12H2,1-2H3,(H,21,23)(H3,19,20,22). The van der Waals surface area contributed by atoms with E-state index in [0.29, 0.717) is 25.0 Å². The Morgan fingerprint density at radius 1 is 1.29 bits per heavy atom. The van der Waals surface area contributed by atoms with E-state index >= 15 is 0 Å². The summed E-state index contributed by atoms with van der Waals surface area (Å²) in [5.41, 5.74) is 6.69. The number of nitrogens with one attached hydrogen (secondary N) is 2. The van der Waals surface area contributed by atoms with Gasteiger partial charge in [-0.05, 0) is 51.0 Å². The molecule has 4 N–H and O–H groups in total. The molecule has 0 aliphatic heterocycles. The van der Waals surface area contributed by atoms with E-state index in [4.69, 9.17) is 10.5 Å². The minimum Gasteiger partial charge on any atom is -0.491 e. The van der Waals surface area contributed by atoms with Crippen molar-refractivity contribution in [3.8, 4) is 5.75 Å². The van der Waals surface area contributed by atoms with Crippen molar-refractivity contribution in [3.63, 3.8) is 0 Å². The van der Waals surface area contributed by atoms with Gasteiger partial charge in [0, 0.05) is 18.2 Å². The van der Waals surface area contributed by atoms with Crippen molar-refractivity contribution in [1.29, 1.82) is 0 Å². The van der Waals surface area contributed by atoms with Crippen LogP contribution >= 0.6 is 0 Å². The Hall–Kier alpha value is -2.24. The summed E-state index contributed by atoms with van der Waals surface area (Å²) in [5, 5.41) is 6.05. The molecule has 1 aliphatic carbocycles. The zero-order chi connectivity index (χ0) is 17.4. The number of amides is 1. The Bertz CT molecular complexity index is 549. The average Bonchev–Trinajstić information content (AvgIpc) is 3.01. The average molecular weight is 332 g/mol. The quantitative estimate of drug-likeness (QED) is 0.529. The Balaban J connectivity index is 1.71. The fourth-order valence-corrected chi connectivity index (χ4v) is 2.72. The summed E-state index contributed by atoms with van der Waals surface area (Å²) in [5.74, 6) is 1.17. The van der Waals surface area contributed by atoms with Crippen LogP contribution in [0.1, 0.15) is 46.0 Å². The number of hydrogen-bond acceptors (Lipinski definition) is 3. The monoisotopic (exact) mass is 332 g/mol. The molecular weight excluding hydrogens is 304 g/mol. The number of carbonyl (C=O) groups excluding carboxylic acids is 1. The number of aliphatic imine (C=N–C) groups is 1. The summed E-state index contributed by atoms with van der Waals surface area (Å²) in [6.45, 7) is 4.35. The molecule has 6 heteroatoms. The van der Waals surface area contributed by atoms with Gasteiger partial charge in [-0.1, -0.05) is 12.8 Å². The SMILES string of the molecule is CC(C)Oc1ccc(NC(N)=NCCC(=O)NC2CCCC2)cc1. The van der Waals surface area contributed by atoms with E-state index in [1.54, 1.807) is 0 Å². The maximum atomic E-state index is 11.8. The van der Waals surface area contributed by atoms with Crippen LogP contribution in [0.25, 0.3) is 0 Å². The lowest BCUT2D eigenvalue weighted by molar-refractivity contribution is -0.121. The van der Waals surface area contributed by atoms with E-state index in [1.165, 1.54) is 12.8 Å². The lowest BCUT2D eigenvalue weighted by Gasteiger charge is -2.11. The van der Waals surface area contributed by atoms with Crippen LogP contribution in [0.5, 0.6) is 5.75 Å². The lowest BCUT2D eigenvalue weighted by atomic mass is 10.2. The Morgan fingerprint density at radius 3 is 2.58 bits per heavy atom. The van der Waals surface area contributed by atoms with Gasteiger partial charge in [0.25, 0.3) is 0 Å². The number of hydrogen-bond donors (Lipinski definition) is 3. The highest BCUT2D eigenvalue weighted by Crippen LogP contribution is 2.18. The fourth-order valence-electron chi connectivity index (χ4n) is 2.72. The number of guanidine groups is 1. The minimum absolute atomic E-state index is 0.0497. The van der Waals surface area contributed by atoms with E-state index in [-0.39, 0.29) is 12.0 Å². The van der Waals surface area contributed by atoms with Crippen molar-refractivity contribution in [2.45, 2.75) is 58.1 Å². The highest BCUT2D eigenvalue weighted by Gasteiger charge is 2.16. The number of carbonyl (C=O) groups is 1. The second-order valence-electron chi connectivity index (χ2n) is 6.38. The third-order valence-electron chi connectivity index (χ3n) is 3.84. The van der Waals surface area contributed by atoms with E-state index in [1.807, 2.05) is 38.1 Å². The van der Waals surface area contributed by atoms with E-state index in [0.717, 1.165) is 24.3 Å². The smallest absolute Gasteiger partial charge is 0.222 e. The molecule has 0 unspecified atom stereocenters. The molecule has 1 aliphatic rings. The van der Waals surface area contributed by atoms with Crippen LogP contribution in [0, 0.1) is 0 Å². The molecule has 2 rings (SSSR count). The molecule has 1 aromatic carbocycles. The summed E-state index contributed by atoms with van der Waals surface area (Å²) in [4.78, 5) is 16.0. The van der Waals surface area contributed by atoms with Crippen molar-refractivity contribution in [2.75, 3.05) is 11.9 Å². The lowest BCUT2D eigenvalue weighted by Crippen LogP contribution is -2.33. The fraction of sp³-hybridized carbons (Fsp3) is 0.556. The van der Waals surface area contributed by atoms with Gasteiger partial charge >= 0.3 is 0 Å². The predicted octanol–water partition coefficient (Wildman–Crippen LogP) is 2.65. The summed E-state index contributed by atoms with van der Waals surface area (Å²) >= 11 is 0. The minimum atomic E-state index is 0.0497. The highest BCUT2D eigenvalue weighted by atomic mass is 16.5. The van der Waals surface area contributed by atoms with Gasteiger partial charge in [0.2, 0.25) is 5.91 Å². The van der Waals surface area contributed by atoms with Gasteiger partial charge in [-0.2, -0.15) is 0 Å². The molecule has 0 saturated heterocycles. The second-order valence-corrected chi connectivity index (χ2v) is 6.38. The van der Waals surface area contributed by atoms with E-state index in [9.17, 15) is 4.79 Å². The maximum Gasteiger partial charge on any atom is 0.222 e. The number of benzene rings is 1. The van der Waals surface area contributed by atoms with Crippen LogP contribution in [0.2, 0.25) is 0 Å². The van der Waals surface area contributed by atoms with Crippen molar-refractivity contribution >= 4 is 17.6 Å². The molecule has 0 spiro atoms. The van der Waals surface area contributed by atoms with Crippen LogP contribution in [0.3, 0.4) is 0 Å². The third-order valence-corrected chi connectivity index (χ3v) is 3.84. The van der Waals surface area contributed by atoms with Crippen molar-refractivity contribution < 1.29 is 9.53 Å². The van der Waals surface area contributed by atoms with E-state index in [2.05, 4.69) is 15.6 Å². The number of nitrogens with two attached hydrogens (primary N) is 1. The third kappa shape index (κ3) is 6.48. The van der Waals surface area contributed by atoms with Crippen molar-refractivity contribution in [2.24, 2.45) is 10.7 Å². The highest BCUT2D eigenvalue weighted by molar-refractivity contribution is 5.92. The van der Waals surface area contributed by atoms with Gasteiger partial charge in [0.05, 0.1) is 12.6 Å². The second kappa shape index (κ2) is 9.15. The summed E-state index contributed by atoms with van der Waals surface area (Å²) < 4.78 is 5.59. The maximum absolute atomic E-state index is 11.8. The summed E-state index contributed by atoms with van der Waals surface area (Å²) in [6, 6.07) is 7.87. The summed E-state index contributed by atoms with van der Waals surface area (Å²) in [6.07, 6.45) is 5.11. The molecule has 1 amide bonds. The number of anilines is 1. The molecule has 6 nitrogen and oxygen atoms in total. The molecule has 0 atom stereocenters. The molecule has 0 aromatic heterocycles. The number of rotatable bonds is 7. The van der Waals surface area contributed by atoms with Crippen molar-refractivity contribution in [1.82, 2.24) is 5.32 Å². The molecule has 1 aromatic rings. The molecule has 0 radical (unpaired) electrons. The first-order chi connectivity index (χ1) is 11.5. The first-order valence-corrected chi connectivity index (χ1v) is 8.66. The normalized spacial score (nSPS) is 15.5. The van der Waals surface area contributed by atoms with E-state index < -0.39 is 0 Å². The molecule has 0 bridgehead atoms. The molecule has 1 saturated carbocycles. The first kappa shape index (κ1) is 18.1. The van der Waals surface area contributed by atoms with Gasteiger partial charge in [-0.3, -0.25) is 9.79 Å². The molecule has 24 heavy (non-hydrogen) atoms. The predicted molar refractivity (Wildman–Crippen MR) is 97.3 cm³/mol. The Labute approximate surface area is 143 Å². The van der Waals surface area contributed by atoms with Crippen LogP contribution in [0.15, 0.2) is 29.3 Å². The zero-order valence-corrected chi connectivity index (χ0v) is 14.5. The van der Waals surface area contributed by atoms with Crippen LogP contribution in [-0.2, 0) is 4.79 Å². The first-order valence-electron chi connectivity index (χ1n) is 8.66. The molecule has 132 valence electrons.